The lowest BCUT2D eigenvalue weighted by Gasteiger charge is -2.07. The van der Waals surface area contributed by atoms with Gasteiger partial charge in [-0.2, -0.15) is 0 Å². The van der Waals surface area contributed by atoms with Gasteiger partial charge in [-0.1, -0.05) is 11.6 Å². The zero-order valence-corrected chi connectivity index (χ0v) is 8.72. The molecule has 15 heavy (non-hydrogen) atoms. The minimum atomic E-state index is -1.20. The summed E-state index contributed by atoms with van der Waals surface area (Å²) >= 11 is 5.77. The van der Waals surface area contributed by atoms with Crippen LogP contribution in [-0.4, -0.2) is 23.1 Å². The molecule has 0 bridgehead atoms. The van der Waals surface area contributed by atoms with Crippen LogP contribution >= 0.6 is 11.6 Å². The van der Waals surface area contributed by atoms with Crippen LogP contribution in [-0.2, 0) is 0 Å². The quantitative estimate of drug-likeness (QED) is 0.860. The molecule has 0 spiro atoms. The van der Waals surface area contributed by atoms with Gasteiger partial charge in [0.1, 0.15) is 11.4 Å². The SMILES string of the molecule is O=C(NCC1(F)CC1)c1ncccc1Cl. The minimum Gasteiger partial charge on any atom is -0.347 e. The molecule has 5 heteroatoms. The summed E-state index contributed by atoms with van der Waals surface area (Å²) in [6.07, 6.45) is 2.51. The third-order valence-electron chi connectivity index (χ3n) is 2.33. The van der Waals surface area contributed by atoms with E-state index in [9.17, 15) is 9.18 Å². The smallest absolute Gasteiger partial charge is 0.271 e. The molecule has 0 unspecified atom stereocenters. The highest BCUT2D eigenvalue weighted by Gasteiger charge is 2.43. The van der Waals surface area contributed by atoms with Crippen molar-refractivity contribution in [3.05, 3.63) is 29.0 Å². The van der Waals surface area contributed by atoms with Gasteiger partial charge < -0.3 is 5.32 Å². The molecule has 1 aromatic rings. The van der Waals surface area contributed by atoms with Crippen molar-refractivity contribution >= 4 is 17.5 Å². The van der Waals surface area contributed by atoms with Crippen LogP contribution in [0.4, 0.5) is 4.39 Å². The maximum absolute atomic E-state index is 13.2. The van der Waals surface area contributed by atoms with Crippen molar-refractivity contribution in [1.29, 1.82) is 0 Å². The Morgan fingerprint density at radius 2 is 2.40 bits per heavy atom. The first-order chi connectivity index (χ1) is 7.11. The molecule has 0 aromatic carbocycles. The van der Waals surface area contributed by atoms with Crippen molar-refractivity contribution in [2.75, 3.05) is 6.54 Å². The van der Waals surface area contributed by atoms with Gasteiger partial charge in [-0.05, 0) is 25.0 Å². The Labute approximate surface area is 91.7 Å². The van der Waals surface area contributed by atoms with Crippen LogP contribution in [0, 0.1) is 0 Å². The number of alkyl halides is 1. The second kappa shape index (κ2) is 3.77. The van der Waals surface area contributed by atoms with E-state index in [-0.39, 0.29) is 17.3 Å². The first kappa shape index (κ1) is 10.4. The van der Waals surface area contributed by atoms with Gasteiger partial charge in [-0.3, -0.25) is 4.79 Å². The average molecular weight is 229 g/mol. The number of hydrogen-bond donors (Lipinski definition) is 1. The largest absolute Gasteiger partial charge is 0.347 e. The number of amides is 1. The van der Waals surface area contributed by atoms with E-state index in [2.05, 4.69) is 10.3 Å². The highest BCUT2D eigenvalue weighted by molar-refractivity contribution is 6.33. The standard InChI is InChI=1S/C10H10ClFN2O/c11-7-2-1-5-13-8(7)9(15)14-6-10(12)3-4-10/h1-2,5H,3-4,6H2,(H,14,15). The Morgan fingerprint density at radius 3 is 3.00 bits per heavy atom. The molecule has 0 aliphatic heterocycles. The van der Waals surface area contributed by atoms with Gasteiger partial charge in [-0.15, -0.1) is 0 Å². The number of pyridine rings is 1. The number of nitrogens with one attached hydrogen (secondary N) is 1. The predicted molar refractivity (Wildman–Crippen MR) is 54.7 cm³/mol. The summed E-state index contributed by atoms with van der Waals surface area (Å²) in [5, 5.41) is 2.76. The molecule has 3 nitrogen and oxygen atoms in total. The molecule has 1 saturated carbocycles. The van der Waals surface area contributed by atoms with Crippen LogP contribution in [0.15, 0.2) is 18.3 Å². The molecule has 1 amide bonds. The Morgan fingerprint density at radius 1 is 1.67 bits per heavy atom. The average Bonchev–Trinajstić information content (AvgIpc) is 2.95. The van der Waals surface area contributed by atoms with E-state index >= 15 is 0 Å². The fraction of sp³-hybridized carbons (Fsp3) is 0.400. The van der Waals surface area contributed by atoms with E-state index in [1.807, 2.05) is 0 Å². The molecule has 1 aromatic heterocycles. The van der Waals surface area contributed by atoms with Crippen LogP contribution in [0.1, 0.15) is 23.3 Å². The van der Waals surface area contributed by atoms with Crippen LogP contribution in [0.25, 0.3) is 0 Å². The monoisotopic (exact) mass is 228 g/mol. The van der Waals surface area contributed by atoms with Crippen molar-refractivity contribution in [1.82, 2.24) is 10.3 Å². The van der Waals surface area contributed by atoms with Crippen molar-refractivity contribution in [2.45, 2.75) is 18.5 Å². The zero-order chi connectivity index (χ0) is 10.9. The van der Waals surface area contributed by atoms with Gasteiger partial charge in [0.05, 0.1) is 11.6 Å². The molecular formula is C10H10ClFN2O. The maximum Gasteiger partial charge on any atom is 0.271 e. The highest BCUT2D eigenvalue weighted by Crippen LogP contribution is 2.38. The van der Waals surface area contributed by atoms with Crippen LogP contribution in [0.5, 0.6) is 0 Å². The van der Waals surface area contributed by atoms with Crippen LogP contribution in [0.3, 0.4) is 0 Å². The van der Waals surface area contributed by atoms with E-state index in [0.717, 1.165) is 0 Å². The number of carbonyl (C=O) groups is 1. The lowest BCUT2D eigenvalue weighted by Crippen LogP contribution is -2.31. The summed E-state index contributed by atoms with van der Waals surface area (Å²) in [7, 11) is 0. The van der Waals surface area contributed by atoms with Gasteiger partial charge in [0.15, 0.2) is 0 Å². The fourth-order valence-corrected chi connectivity index (χ4v) is 1.39. The molecule has 0 saturated heterocycles. The zero-order valence-electron chi connectivity index (χ0n) is 7.96. The molecular weight excluding hydrogens is 219 g/mol. The summed E-state index contributed by atoms with van der Waals surface area (Å²) in [4.78, 5) is 15.3. The molecule has 2 rings (SSSR count). The minimum absolute atomic E-state index is 0.0404. The second-order valence-corrected chi connectivity index (χ2v) is 4.07. The molecule has 1 aliphatic carbocycles. The summed E-state index contributed by atoms with van der Waals surface area (Å²) in [5.41, 5.74) is -1.06. The molecule has 1 N–H and O–H groups in total. The molecule has 0 radical (unpaired) electrons. The van der Waals surface area contributed by atoms with Crippen molar-refractivity contribution in [3.63, 3.8) is 0 Å². The normalized spacial score (nSPS) is 17.2. The lowest BCUT2D eigenvalue weighted by molar-refractivity contribution is 0.0933. The van der Waals surface area contributed by atoms with E-state index < -0.39 is 11.6 Å². The number of hydrogen-bond acceptors (Lipinski definition) is 2. The number of nitrogens with zero attached hydrogens (tertiary/aromatic N) is 1. The summed E-state index contributed by atoms with van der Waals surface area (Å²) in [6, 6.07) is 3.21. The summed E-state index contributed by atoms with van der Waals surface area (Å²) < 4.78 is 13.2. The second-order valence-electron chi connectivity index (χ2n) is 3.67. The maximum atomic E-state index is 13.2. The Balaban J connectivity index is 1.99. The van der Waals surface area contributed by atoms with E-state index in [4.69, 9.17) is 11.6 Å². The Kier molecular flexibility index (Phi) is 2.61. The molecule has 1 heterocycles. The molecule has 80 valence electrons. The van der Waals surface area contributed by atoms with Gasteiger partial charge in [0.25, 0.3) is 5.91 Å². The first-order valence-corrected chi connectivity index (χ1v) is 5.06. The van der Waals surface area contributed by atoms with Gasteiger partial charge in [0.2, 0.25) is 0 Å². The van der Waals surface area contributed by atoms with E-state index in [0.29, 0.717) is 12.8 Å². The summed E-state index contributed by atoms with van der Waals surface area (Å²) in [5.74, 6) is -0.426. The lowest BCUT2D eigenvalue weighted by atomic mass is 10.3. The first-order valence-electron chi connectivity index (χ1n) is 4.68. The Bertz CT molecular complexity index is 393. The van der Waals surface area contributed by atoms with Gasteiger partial charge in [0, 0.05) is 6.20 Å². The summed E-state index contributed by atoms with van der Waals surface area (Å²) in [6.45, 7) is 0.0404. The highest BCUT2D eigenvalue weighted by atomic mass is 35.5. The fourth-order valence-electron chi connectivity index (χ4n) is 1.19. The van der Waals surface area contributed by atoms with E-state index in [1.165, 1.54) is 6.20 Å². The topological polar surface area (TPSA) is 42.0 Å². The molecule has 1 aliphatic rings. The third-order valence-corrected chi connectivity index (χ3v) is 2.64. The van der Waals surface area contributed by atoms with Gasteiger partial charge >= 0.3 is 0 Å². The number of rotatable bonds is 3. The Hall–Kier alpha value is -1.16. The number of carbonyl (C=O) groups excluding carboxylic acids is 1. The molecule has 1 fully saturated rings. The van der Waals surface area contributed by atoms with E-state index in [1.54, 1.807) is 12.1 Å². The van der Waals surface area contributed by atoms with Crippen molar-refractivity contribution in [3.8, 4) is 0 Å². The van der Waals surface area contributed by atoms with Crippen LogP contribution in [0.2, 0.25) is 5.02 Å². The predicted octanol–water partition coefficient (Wildman–Crippen LogP) is 1.97. The number of aromatic nitrogens is 1. The molecule has 0 atom stereocenters. The van der Waals surface area contributed by atoms with Crippen molar-refractivity contribution < 1.29 is 9.18 Å². The van der Waals surface area contributed by atoms with Crippen LogP contribution < -0.4 is 5.32 Å². The number of halogens is 2. The van der Waals surface area contributed by atoms with Gasteiger partial charge in [-0.25, -0.2) is 9.37 Å². The van der Waals surface area contributed by atoms with Crippen molar-refractivity contribution in [2.24, 2.45) is 0 Å². The third kappa shape index (κ3) is 2.45.